The molecule has 0 N–H and O–H groups in total. The molecule has 2 bridgehead atoms. The van der Waals surface area contributed by atoms with Gasteiger partial charge < -0.3 is 9.47 Å². The third kappa shape index (κ3) is 1.63. The molecule has 1 amide bonds. The van der Waals surface area contributed by atoms with E-state index in [9.17, 15) is 18.0 Å². The Balaban J connectivity index is 1.80. The van der Waals surface area contributed by atoms with E-state index in [1.807, 2.05) is 0 Å². The lowest BCUT2D eigenvalue weighted by Gasteiger charge is -2.32. The molecule has 8 heteroatoms. The van der Waals surface area contributed by atoms with Gasteiger partial charge in [0.05, 0.1) is 18.2 Å². The van der Waals surface area contributed by atoms with E-state index in [0.29, 0.717) is 0 Å². The predicted octanol–water partition coefficient (Wildman–Crippen LogP) is -0.0860. The minimum atomic E-state index is -3.95. The number of ketones is 1. The molecule has 0 saturated carbocycles. The van der Waals surface area contributed by atoms with Gasteiger partial charge in [-0.05, 0) is 12.1 Å². The summed E-state index contributed by atoms with van der Waals surface area (Å²) in [6.45, 7) is 0.108. The first-order valence-corrected chi connectivity index (χ1v) is 7.92. The van der Waals surface area contributed by atoms with Crippen LogP contribution in [0.3, 0.4) is 0 Å². The zero-order chi connectivity index (χ0) is 14.8. The monoisotopic (exact) mass is 309 g/mol. The van der Waals surface area contributed by atoms with Gasteiger partial charge >= 0.3 is 0 Å². The molecule has 0 aliphatic carbocycles. The van der Waals surface area contributed by atoms with Gasteiger partial charge in [-0.2, -0.15) is 0 Å². The van der Waals surface area contributed by atoms with E-state index in [-0.39, 0.29) is 29.3 Å². The van der Waals surface area contributed by atoms with Crippen LogP contribution in [0.15, 0.2) is 29.2 Å². The maximum absolute atomic E-state index is 12.6. The van der Waals surface area contributed by atoms with Crippen molar-refractivity contribution in [2.75, 3.05) is 6.61 Å². The molecule has 0 radical (unpaired) electrons. The van der Waals surface area contributed by atoms with Gasteiger partial charge in [-0.15, -0.1) is 0 Å². The molecule has 3 heterocycles. The van der Waals surface area contributed by atoms with Crippen molar-refractivity contribution in [1.29, 1.82) is 0 Å². The highest BCUT2D eigenvalue weighted by Crippen LogP contribution is 2.37. The summed E-state index contributed by atoms with van der Waals surface area (Å²) in [7, 11) is -3.95. The summed E-state index contributed by atoms with van der Waals surface area (Å²) in [4.78, 5) is 24.2. The molecule has 3 aliphatic rings. The van der Waals surface area contributed by atoms with Crippen LogP contribution in [-0.2, 0) is 24.3 Å². The van der Waals surface area contributed by atoms with Crippen LogP contribution < -0.4 is 0 Å². The fourth-order valence-electron chi connectivity index (χ4n) is 2.99. The van der Waals surface area contributed by atoms with Crippen molar-refractivity contribution in [3.05, 3.63) is 29.8 Å². The van der Waals surface area contributed by atoms with Crippen molar-refractivity contribution in [2.24, 2.45) is 0 Å². The Kier molecular flexibility index (Phi) is 2.54. The molecule has 2 fully saturated rings. The topological polar surface area (TPSA) is 90.0 Å². The highest BCUT2D eigenvalue weighted by molar-refractivity contribution is 7.90. The summed E-state index contributed by atoms with van der Waals surface area (Å²) >= 11 is 0. The molecule has 110 valence electrons. The standard InChI is InChI=1S/C13H11NO6S/c15-9-5-8(10-6-19-13(9)20-10)14-12(16)7-3-1-2-4-11(7)21(14,17)18/h1-4,8,10,13H,5-6H2/t8-,10?,13+/m0/s1. The van der Waals surface area contributed by atoms with Crippen LogP contribution in [0, 0.1) is 0 Å². The molecular formula is C13H11NO6S. The number of amides is 1. The van der Waals surface area contributed by atoms with E-state index in [1.54, 1.807) is 12.1 Å². The van der Waals surface area contributed by atoms with Gasteiger partial charge in [-0.3, -0.25) is 9.59 Å². The van der Waals surface area contributed by atoms with Crippen LogP contribution in [0.4, 0.5) is 0 Å². The normalized spacial score (nSPS) is 33.3. The van der Waals surface area contributed by atoms with Crippen LogP contribution in [0.1, 0.15) is 16.8 Å². The molecule has 0 aromatic heterocycles. The molecule has 7 nitrogen and oxygen atoms in total. The van der Waals surface area contributed by atoms with Crippen LogP contribution in [0.25, 0.3) is 0 Å². The number of ether oxygens (including phenoxy) is 2. The zero-order valence-electron chi connectivity index (χ0n) is 10.8. The Morgan fingerprint density at radius 1 is 1.19 bits per heavy atom. The molecule has 0 spiro atoms. The second-order valence-corrected chi connectivity index (χ2v) is 6.96. The maximum Gasteiger partial charge on any atom is 0.269 e. The van der Waals surface area contributed by atoms with E-state index in [2.05, 4.69) is 0 Å². The number of hydrogen-bond donors (Lipinski definition) is 0. The second kappa shape index (κ2) is 4.12. The predicted molar refractivity (Wildman–Crippen MR) is 67.8 cm³/mol. The molecule has 2 saturated heterocycles. The van der Waals surface area contributed by atoms with Gasteiger partial charge in [-0.1, -0.05) is 12.1 Å². The number of nitrogens with zero attached hydrogens (tertiary/aromatic N) is 1. The highest BCUT2D eigenvalue weighted by atomic mass is 32.2. The van der Waals surface area contributed by atoms with E-state index in [4.69, 9.17) is 9.47 Å². The van der Waals surface area contributed by atoms with E-state index < -0.39 is 34.4 Å². The van der Waals surface area contributed by atoms with E-state index in [1.165, 1.54) is 12.1 Å². The van der Waals surface area contributed by atoms with Crippen molar-refractivity contribution >= 4 is 21.7 Å². The first-order valence-electron chi connectivity index (χ1n) is 6.48. The minimum Gasteiger partial charge on any atom is -0.343 e. The quantitative estimate of drug-likeness (QED) is 0.720. The molecule has 1 aromatic rings. The fraction of sp³-hybridized carbons (Fsp3) is 0.385. The van der Waals surface area contributed by atoms with Gasteiger partial charge in [-0.25, -0.2) is 12.7 Å². The molecule has 4 rings (SSSR count). The first-order chi connectivity index (χ1) is 10.00. The second-order valence-electron chi connectivity index (χ2n) is 5.18. The lowest BCUT2D eigenvalue weighted by atomic mass is 10.0. The van der Waals surface area contributed by atoms with Gasteiger partial charge in [0, 0.05) is 6.42 Å². The Labute approximate surface area is 120 Å². The molecule has 21 heavy (non-hydrogen) atoms. The van der Waals surface area contributed by atoms with Gasteiger partial charge in [0.2, 0.25) is 6.29 Å². The maximum atomic E-state index is 12.6. The van der Waals surface area contributed by atoms with Crippen molar-refractivity contribution in [1.82, 2.24) is 4.31 Å². The van der Waals surface area contributed by atoms with Gasteiger partial charge in [0.15, 0.2) is 5.78 Å². The zero-order valence-corrected chi connectivity index (χ0v) is 11.6. The summed E-state index contributed by atoms with van der Waals surface area (Å²) in [5.41, 5.74) is 0.131. The van der Waals surface area contributed by atoms with E-state index in [0.717, 1.165) is 4.31 Å². The van der Waals surface area contributed by atoms with E-state index >= 15 is 0 Å². The molecule has 3 aliphatic heterocycles. The van der Waals surface area contributed by atoms with Gasteiger partial charge in [0.1, 0.15) is 11.0 Å². The summed E-state index contributed by atoms with van der Waals surface area (Å²) < 4.78 is 36.4. The number of fused-ring (bicyclic) bond motifs is 3. The van der Waals surface area contributed by atoms with Crippen molar-refractivity contribution in [2.45, 2.75) is 29.8 Å². The van der Waals surface area contributed by atoms with Crippen molar-refractivity contribution in [3.63, 3.8) is 0 Å². The summed E-state index contributed by atoms with van der Waals surface area (Å²) in [5.74, 6) is -0.954. The molecule has 3 atom stereocenters. The lowest BCUT2D eigenvalue weighted by Crippen LogP contribution is -2.52. The minimum absolute atomic E-state index is 0.0245. The average Bonchev–Trinajstić information content (AvgIpc) is 2.97. The number of sulfonamides is 1. The highest BCUT2D eigenvalue weighted by Gasteiger charge is 2.53. The molecule has 1 aromatic carbocycles. The Morgan fingerprint density at radius 3 is 2.71 bits per heavy atom. The summed E-state index contributed by atoms with van der Waals surface area (Å²) in [6.07, 6.45) is -1.59. The first kappa shape index (κ1) is 12.9. The van der Waals surface area contributed by atoms with Gasteiger partial charge in [0.25, 0.3) is 15.9 Å². The molecular weight excluding hydrogens is 298 g/mol. The molecule has 1 unspecified atom stereocenters. The fourth-order valence-corrected chi connectivity index (χ4v) is 4.77. The largest absolute Gasteiger partial charge is 0.343 e. The summed E-state index contributed by atoms with van der Waals surface area (Å²) in [5, 5.41) is 0. The van der Waals surface area contributed by atoms with Crippen LogP contribution in [0.2, 0.25) is 0 Å². The number of Topliss-reactive ketones (excluding diaryl/α,β-unsaturated/α-hetero) is 1. The SMILES string of the molecule is O=C1C[C@H](N2C(=O)c3ccccc3S2(=O)=O)C2CO[C@@H]1O2. The number of carbonyl (C=O) groups is 2. The van der Waals surface area contributed by atoms with Crippen molar-refractivity contribution < 1.29 is 27.5 Å². The Morgan fingerprint density at radius 2 is 1.95 bits per heavy atom. The van der Waals surface area contributed by atoms with Crippen LogP contribution in [-0.4, -0.2) is 49.5 Å². The van der Waals surface area contributed by atoms with Crippen molar-refractivity contribution in [3.8, 4) is 0 Å². The summed E-state index contributed by atoms with van der Waals surface area (Å²) in [6, 6.07) is 5.18. The smallest absolute Gasteiger partial charge is 0.269 e. The lowest BCUT2D eigenvalue weighted by molar-refractivity contribution is -0.155. The third-order valence-corrected chi connectivity index (χ3v) is 5.83. The van der Waals surface area contributed by atoms with Crippen LogP contribution >= 0.6 is 0 Å². The number of carbonyl (C=O) groups excluding carboxylic acids is 2. The number of hydrogen-bond acceptors (Lipinski definition) is 6. The number of rotatable bonds is 1. The number of benzene rings is 1. The third-order valence-electron chi connectivity index (χ3n) is 3.97. The average molecular weight is 309 g/mol. The Bertz CT molecular complexity index is 758. The van der Waals surface area contributed by atoms with Crippen LogP contribution in [0.5, 0.6) is 0 Å². The Hall–Kier alpha value is -1.77.